The van der Waals surface area contributed by atoms with Crippen molar-refractivity contribution in [2.45, 2.75) is 17.4 Å². The van der Waals surface area contributed by atoms with Crippen LogP contribution in [0.1, 0.15) is 16.8 Å². The predicted molar refractivity (Wildman–Crippen MR) is 66.1 cm³/mol. The number of hydrogen-bond acceptors (Lipinski definition) is 4. The molecule has 0 spiro atoms. The Hall–Kier alpha value is -1.18. The summed E-state index contributed by atoms with van der Waals surface area (Å²) in [6.45, 7) is 0.942. The van der Waals surface area contributed by atoms with E-state index in [1.54, 1.807) is 0 Å². The summed E-state index contributed by atoms with van der Waals surface area (Å²) >= 11 is 0. The second kappa shape index (κ2) is 5.44. The first kappa shape index (κ1) is 14.2. The van der Waals surface area contributed by atoms with Crippen LogP contribution in [0, 0.1) is 5.82 Å². The Morgan fingerprint density at radius 1 is 1.42 bits per heavy atom. The molecule has 1 amide bonds. The average molecular weight is 308 g/mol. The highest BCUT2D eigenvalue weighted by molar-refractivity contribution is 8.13. The van der Waals surface area contributed by atoms with Gasteiger partial charge in [-0.1, -0.05) is 0 Å². The van der Waals surface area contributed by atoms with Gasteiger partial charge in [-0.3, -0.25) is 4.79 Å². The molecule has 0 radical (unpaired) electrons. The molecule has 1 aromatic rings. The lowest BCUT2D eigenvalue weighted by atomic mass is 10.2. The van der Waals surface area contributed by atoms with Crippen molar-refractivity contribution in [3.63, 3.8) is 0 Å². The molecule has 1 saturated heterocycles. The molecule has 1 aliphatic heterocycles. The van der Waals surface area contributed by atoms with Crippen LogP contribution >= 0.6 is 10.7 Å². The summed E-state index contributed by atoms with van der Waals surface area (Å²) in [6.07, 6.45) is 0.668. The molecule has 1 unspecified atom stereocenters. The maximum atomic E-state index is 13.3. The number of amides is 1. The van der Waals surface area contributed by atoms with Crippen LogP contribution in [-0.2, 0) is 13.8 Å². The van der Waals surface area contributed by atoms with Crippen LogP contribution in [0.3, 0.4) is 0 Å². The minimum atomic E-state index is -4.08. The number of carbonyl (C=O) groups is 1. The molecule has 5 nitrogen and oxygen atoms in total. The summed E-state index contributed by atoms with van der Waals surface area (Å²) in [6, 6.07) is 2.61. The molecule has 8 heteroatoms. The van der Waals surface area contributed by atoms with E-state index in [0.29, 0.717) is 19.6 Å². The summed E-state index contributed by atoms with van der Waals surface area (Å²) in [7, 11) is 1.05. The fourth-order valence-corrected chi connectivity index (χ4v) is 2.54. The second-order valence-electron chi connectivity index (χ2n) is 4.15. The van der Waals surface area contributed by atoms with Crippen LogP contribution in [0.5, 0.6) is 0 Å². The summed E-state index contributed by atoms with van der Waals surface area (Å²) in [4.78, 5) is 11.4. The monoisotopic (exact) mass is 307 g/mol. The molecule has 1 atom stereocenters. The van der Waals surface area contributed by atoms with Crippen molar-refractivity contribution in [3.8, 4) is 0 Å². The molecule has 0 bridgehead atoms. The molecule has 19 heavy (non-hydrogen) atoms. The van der Waals surface area contributed by atoms with E-state index in [9.17, 15) is 17.6 Å². The number of hydrogen-bond donors (Lipinski definition) is 1. The van der Waals surface area contributed by atoms with Crippen molar-refractivity contribution in [1.29, 1.82) is 0 Å². The van der Waals surface area contributed by atoms with Crippen LogP contribution in [0.4, 0.5) is 4.39 Å². The molecule has 2 rings (SSSR count). The van der Waals surface area contributed by atoms with Crippen molar-refractivity contribution in [3.05, 3.63) is 29.6 Å². The van der Waals surface area contributed by atoms with Gasteiger partial charge in [0.05, 0.1) is 17.5 Å². The summed E-state index contributed by atoms with van der Waals surface area (Å²) in [5.41, 5.74) is -0.0916. The first-order valence-corrected chi connectivity index (χ1v) is 7.81. The van der Waals surface area contributed by atoms with Gasteiger partial charge in [0.15, 0.2) is 0 Å². The Balaban J connectivity index is 2.24. The fourth-order valence-electron chi connectivity index (χ4n) is 1.75. The van der Waals surface area contributed by atoms with E-state index in [1.807, 2.05) is 0 Å². The second-order valence-corrected chi connectivity index (χ2v) is 6.71. The molecule has 1 aliphatic rings. The smallest absolute Gasteiger partial charge is 0.261 e. The largest absolute Gasteiger partial charge is 0.379 e. The lowest BCUT2D eigenvalue weighted by molar-refractivity contribution is 0.0929. The standard InChI is InChI=1S/C11H11ClFNO4S/c12-19(16,17)10-4-7(3-8(13)5-10)11(15)14-9-1-2-18-6-9/h3-5,9H,1-2,6H2,(H,14,15). The van der Waals surface area contributed by atoms with E-state index in [1.165, 1.54) is 0 Å². The zero-order valence-electron chi connectivity index (χ0n) is 9.73. The van der Waals surface area contributed by atoms with Gasteiger partial charge in [-0.15, -0.1) is 0 Å². The van der Waals surface area contributed by atoms with Gasteiger partial charge in [-0.05, 0) is 24.6 Å². The van der Waals surface area contributed by atoms with Crippen molar-refractivity contribution < 1.29 is 22.3 Å². The first-order valence-electron chi connectivity index (χ1n) is 5.50. The number of nitrogens with one attached hydrogen (secondary N) is 1. The Bertz CT molecular complexity index is 599. The zero-order valence-corrected chi connectivity index (χ0v) is 11.3. The first-order chi connectivity index (χ1) is 8.86. The molecular formula is C11H11ClFNO4S. The van der Waals surface area contributed by atoms with Crippen LogP contribution in [0.25, 0.3) is 0 Å². The maximum absolute atomic E-state index is 13.3. The van der Waals surface area contributed by atoms with E-state index < -0.39 is 25.7 Å². The van der Waals surface area contributed by atoms with E-state index in [2.05, 4.69) is 5.32 Å². The van der Waals surface area contributed by atoms with Gasteiger partial charge in [-0.25, -0.2) is 12.8 Å². The number of rotatable bonds is 3. The minimum Gasteiger partial charge on any atom is -0.379 e. The van der Waals surface area contributed by atoms with Crippen LogP contribution < -0.4 is 5.32 Å². The van der Waals surface area contributed by atoms with Gasteiger partial charge in [0.1, 0.15) is 5.82 Å². The summed E-state index contributed by atoms with van der Waals surface area (Å²) < 4.78 is 40.7. The molecule has 104 valence electrons. The highest BCUT2D eigenvalue weighted by Crippen LogP contribution is 2.18. The van der Waals surface area contributed by atoms with Crippen molar-refractivity contribution in [2.75, 3.05) is 13.2 Å². The van der Waals surface area contributed by atoms with E-state index in [-0.39, 0.29) is 11.6 Å². The Morgan fingerprint density at radius 2 is 2.16 bits per heavy atom. The normalized spacial score (nSPS) is 19.4. The van der Waals surface area contributed by atoms with E-state index >= 15 is 0 Å². The Kier molecular flexibility index (Phi) is 4.07. The molecule has 1 N–H and O–H groups in total. The van der Waals surface area contributed by atoms with Crippen molar-refractivity contribution in [2.24, 2.45) is 0 Å². The van der Waals surface area contributed by atoms with Crippen LogP contribution in [0.2, 0.25) is 0 Å². The van der Waals surface area contributed by atoms with Gasteiger partial charge in [0.25, 0.3) is 15.0 Å². The number of carbonyl (C=O) groups excluding carboxylic acids is 1. The van der Waals surface area contributed by atoms with Gasteiger partial charge < -0.3 is 10.1 Å². The van der Waals surface area contributed by atoms with E-state index in [0.717, 1.165) is 18.2 Å². The molecule has 1 aromatic carbocycles. The van der Waals surface area contributed by atoms with E-state index in [4.69, 9.17) is 15.4 Å². The quantitative estimate of drug-likeness (QED) is 0.854. The van der Waals surface area contributed by atoms with Crippen LogP contribution in [-0.4, -0.2) is 33.6 Å². The fraction of sp³-hybridized carbons (Fsp3) is 0.364. The molecule has 1 fully saturated rings. The van der Waals surface area contributed by atoms with Gasteiger partial charge in [0.2, 0.25) is 0 Å². The molecule has 0 aliphatic carbocycles. The van der Waals surface area contributed by atoms with Crippen molar-refractivity contribution in [1.82, 2.24) is 5.32 Å². The van der Waals surface area contributed by atoms with Crippen LogP contribution in [0.15, 0.2) is 23.1 Å². The number of ether oxygens (including phenoxy) is 1. The zero-order chi connectivity index (χ0) is 14.0. The Morgan fingerprint density at radius 3 is 2.74 bits per heavy atom. The third kappa shape index (κ3) is 3.65. The molecule has 1 heterocycles. The van der Waals surface area contributed by atoms with Crippen molar-refractivity contribution >= 4 is 25.6 Å². The Labute approximate surface area is 114 Å². The molecule has 0 saturated carbocycles. The topological polar surface area (TPSA) is 72.5 Å². The highest BCUT2D eigenvalue weighted by Gasteiger charge is 2.20. The number of halogens is 2. The van der Waals surface area contributed by atoms with Gasteiger partial charge >= 0.3 is 0 Å². The molecule has 0 aromatic heterocycles. The lowest BCUT2D eigenvalue weighted by Gasteiger charge is -2.11. The SMILES string of the molecule is O=C(NC1CCOC1)c1cc(F)cc(S(=O)(=O)Cl)c1. The van der Waals surface area contributed by atoms with Gasteiger partial charge in [-0.2, -0.15) is 0 Å². The number of benzene rings is 1. The summed E-state index contributed by atoms with van der Waals surface area (Å²) in [5, 5.41) is 2.63. The average Bonchev–Trinajstić information content (AvgIpc) is 2.79. The highest BCUT2D eigenvalue weighted by atomic mass is 35.7. The third-order valence-electron chi connectivity index (χ3n) is 2.68. The third-order valence-corrected chi connectivity index (χ3v) is 4.01. The predicted octanol–water partition coefficient (Wildman–Crippen LogP) is 1.27. The van der Waals surface area contributed by atoms with Gasteiger partial charge in [0, 0.05) is 22.9 Å². The molecular weight excluding hydrogens is 297 g/mol. The lowest BCUT2D eigenvalue weighted by Crippen LogP contribution is -2.35. The minimum absolute atomic E-state index is 0.0916. The summed E-state index contributed by atoms with van der Waals surface area (Å²) in [5.74, 6) is -1.40. The maximum Gasteiger partial charge on any atom is 0.261 e.